The Morgan fingerprint density at radius 1 is 1.10 bits per heavy atom. The fourth-order valence-corrected chi connectivity index (χ4v) is 3.31. The summed E-state index contributed by atoms with van der Waals surface area (Å²) in [7, 11) is 0. The highest BCUT2D eigenvalue weighted by Gasteiger charge is 2.44. The lowest BCUT2D eigenvalue weighted by Gasteiger charge is -2.27. The van der Waals surface area contributed by atoms with Gasteiger partial charge < -0.3 is 10.1 Å². The Balaban J connectivity index is 1.68. The summed E-state index contributed by atoms with van der Waals surface area (Å²) in [5.74, 6) is -3.82. The number of ether oxygens (including phenoxy) is 1. The lowest BCUT2D eigenvalue weighted by atomic mass is 10.0. The highest BCUT2D eigenvalue weighted by atomic mass is 35.5. The van der Waals surface area contributed by atoms with E-state index in [9.17, 15) is 23.6 Å². The third kappa shape index (κ3) is 4.18. The minimum Gasteiger partial charge on any atom is -0.454 e. The summed E-state index contributed by atoms with van der Waals surface area (Å²) in [6, 6.07) is 8.69. The average Bonchev–Trinajstić information content (AvgIpc) is 2.95. The van der Waals surface area contributed by atoms with Crippen molar-refractivity contribution in [3.05, 3.63) is 64.4 Å². The van der Waals surface area contributed by atoms with Crippen LogP contribution >= 0.6 is 11.6 Å². The molecule has 1 atom stereocenters. The fourth-order valence-electron chi connectivity index (χ4n) is 3.13. The molecule has 0 spiro atoms. The third-order valence-electron chi connectivity index (χ3n) is 4.53. The summed E-state index contributed by atoms with van der Waals surface area (Å²) >= 11 is 5.66. The van der Waals surface area contributed by atoms with Gasteiger partial charge in [-0.15, -0.1) is 0 Å². The first-order chi connectivity index (χ1) is 14.2. The number of nitrogens with zero attached hydrogens (tertiary/aromatic N) is 1. The number of hydrogen-bond acceptors (Lipinski definition) is 5. The smallest absolute Gasteiger partial charge is 0.330 e. The predicted molar refractivity (Wildman–Crippen MR) is 107 cm³/mol. The Labute approximate surface area is 176 Å². The van der Waals surface area contributed by atoms with Gasteiger partial charge >= 0.3 is 5.97 Å². The first-order valence-electron chi connectivity index (χ1n) is 9.09. The van der Waals surface area contributed by atoms with Gasteiger partial charge in [0.1, 0.15) is 11.9 Å². The van der Waals surface area contributed by atoms with Gasteiger partial charge in [0.2, 0.25) is 0 Å². The van der Waals surface area contributed by atoms with Crippen LogP contribution in [0.1, 0.15) is 34.6 Å². The Hall–Kier alpha value is -3.26. The molecular weight excluding hydrogens is 415 g/mol. The number of benzene rings is 2. The van der Waals surface area contributed by atoms with E-state index < -0.39 is 48.1 Å². The summed E-state index contributed by atoms with van der Waals surface area (Å²) in [6.45, 7) is 2.67. The van der Waals surface area contributed by atoms with Gasteiger partial charge in [-0.05, 0) is 36.2 Å². The quantitative estimate of drug-likeness (QED) is 0.558. The van der Waals surface area contributed by atoms with E-state index in [1.165, 1.54) is 24.3 Å². The van der Waals surface area contributed by atoms with E-state index >= 15 is 0 Å². The molecule has 2 aromatic rings. The lowest BCUT2D eigenvalue weighted by molar-refractivity contribution is -0.152. The van der Waals surface area contributed by atoms with Gasteiger partial charge in [-0.2, -0.15) is 0 Å². The van der Waals surface area contributed by atoms with Crippen molar-refractivity contribution in [2.75, 3.05) is 11.9 Å². The zero-order valence-corrected chi connectivity index (χ0v) is 16.9. The van der Waals surface area contributed by atoms with Crippen molar-refractivity contribution in [2.24, 2.45) is 5.92 Å². The number of imide groups is 1. The van der Waals surface area contributed by atoms with Crippen molar-refractivity contribution >= 4 is 41.0 Å². The van der Waals surface area contributed by atoms with Crippen molar-refractivity contribution in [3.63, 3.8) is 0 Å². The number of anilines is 1. The number of nitrogens with one attached hydrogen (secondary N) is 1. The molecule has 0 saturated heterocycles. The highest BCUT2D eigenvalue weighted by molar-refractivity contribution is 6.31. The maximum absolute atomic E-state index is 13.2. The van der Waals surface area contributed by atoms with Crippen LogP contribution in [0.4, 0.5) is 10.1 Å². The molecule has 0 bridgehead atoms. The SMILES string of the molecule is CC(C)[C@@H](C(=O)OCC(=O)Nc1ccc(F)c(Cl)c1)N1C(=O)c2ccccc2C1=O. The summed E-state index contributed by atoms with van der Waals surface area (Å²) in [5.41, 5.74) is 0.655. The van der Waals surface area contributed by atoms with Crippen molar-refractivity contribution in [1.29, 1.82) is 0 Å². The van der Waals surface area contributed by atoms with E-state index in [2.05, 4.69) is 5.32 Å². The van der Waals surface area contributed by atoms with Crippen LogP contribution in [0.15, 0.2) is 42.5 Å². The number of esters is 1. The van der Waals surface area contributed by atoms with E-state index in [-0.39, 0.29) is 21.8 Å². The molecule has 0 aromatic heterocycles. The predicted octanol–water partition coefficient (Wildman–Crippen LogP) is 3.28. The maximum atomic E-state index is 13.2. The van der Waals surface area contributed by atoms with Crippen molar-refractivity contribution in [3.8, 4) is 0 Å². The number of carbonyl (C=O) groups is 4. The number of amides is 3. The number of halogens is 2. The normalized spacial score (nSPS) is 14.0. The molecule has 0 radical (unpaired) electrons. The van der Waals surface area contributed by atoms with Crippen molar-refractivity contribution in [1.82, 2.24) is 4.90 Å². The van der Waals surface area contributed by atoms with Gasteiger partial charge in [-0.3, -0.25) is 19.3 Å². The zero-order chi connectivity index (χ0) is 22.0. The zero-order valence-electron chi connectivity index (χ0n) is 16.1. The minimum atomic E-state index is -1.19. The van der Waals surface area contributed by atoms with Gasteiger partial charge in [0, 0.05) is 5.69 Å². The van der Waals surface area contributed by atoms with Crippen LogP contribution in [0.25, 0.3) is 0 Å². The van der Waals surface area contributed by atoms with Crippen LogP contribution in [0.2, 0.25) is 5.02 Å². The average molecular weight is 433 g/mol. The molecule has 3 rings (SSSR count). The maximum Gasteiger partial charge on any atom is 0.330 e. The lowest BCUT2D eigenvalue weighted by Crippen LogP contribution is -2.49. The second kappa shape index (κ2) is 8.62. The monoisotopic (exact) mass is 432 g/mol. The van der Waals surface area contributed by atoms with Crippen LogP contribution in [0.3, 0.4) is 0 Å². The number of carbonyl (C=O) groups excluding carboxylic acids is 4. The summed E-state index contributed by atoms with van der Waals surface area (Å²) in [4.78, 5) is 50.9. The first kappa shape index (κ1) is 21.4. The van der Waals surface area contributed by atoms with Crippen LogP contribution in [0.5, 0.6) is 0 Å². The van der Waals surface area contributed by atoms with Crippen LogP contribution < -0.4 is 5.32 Å². The Bertz CT molecular complexity index is 1000. The van der Waals surface area contributed by atoms with Gasteiger partial charge in [0.25, 0.3) is 17.7 Å². The standard InChI is InChI=1S/C21H18ClFN2O5/c1-11(2)18(25-19(27)13-5-3-4-6-14(13)20(25)28)21(29)30-10-17(26)24-12-7-8-16(23)15(22)9-12/h3-9,11,18H,10H2,1-2H3,(H,24,26)/t18-/m0/s1. The Kier molecular flexibility index (Phi) is 6.17. The molecule has 1 N–H and O–H groups in total. The fraction of sp³-hybridized carbons (Fsp3) is 0.238. The Morgan fingerprint density at radius 2 is 1.70 bits per heavy atom. The molecule has 2 aromatic carbocycles. The van der Waals surface area contributed by atoms with Crippen molar-refractivity contribution in [2.45, 2.75) is 19.9 Å². The molecule has 7 nitrogen and oxygen atoms in total. The topological polar surface area (TPSA) is 92.8 Å². The Morgan fingerprint density at radius 3 is 2.23 bits per heavy atom. The molecule has 156 valence electrons. The molecule has 0 aliphatic carbocycles. The molecule has 0 saturated carbocycles. The molecule has 1 aliphatic rings. The summed E-state index contributed by atoms with van der Waals surface area (Å²) in [5, 5.41) is 2.25. The van der Waals surface area contributed by atoms with E-state index in [4.69, 9.17) is 16.3 Å². The molecule has 30 heavy (non-hydrogen) atoms. The van der Waals surface area contributed by atoms with Gasteiger partial charge in [-0.25, -0.2) is 9.18 Å². The number of fused-ring (bicyclic) bond motifs is 1. The van der Waals surface area contributed by atoms with Crippen LogP contribution in [-0.4, -0.2) is 41.2 Å². The molecule has 0 fully saturated rings. The molecular formula is C21H18ClFN2O5. The van der Waals surface area contributed by atoms with E-state index in [1.54, 1.807) is 26.0 Å². The van der Waals surface area contributed by atoms with Crippen LogP contribution in [-0.2, 0) is 14.3 Å². The molecule has 0 unspecified atom stereocenters. The van der Waals surface area contributed by atoms with Crippen LogP contribution in [0, 0.1) is 11.7 Å². The summed E-state index contributed by atoms with van der Waals surface area (Å²) < 4.78 is 18.2. The molecule has 3 amide bonds. The third-order valence-corrected chi connectivity index (χ3v) is 4.82. The minimum absolute atomic E-state index is 0.171. The molecule has 9 heteroatoms. The van der Waals surface area contributed by atoms with Gasteiger partial charge in [0.15, 0.2) is 6.61 Å². The van der Waals surface area contributed by atoms with Gasteiger partial charge in [0.05, 0.1) is 16.1 Å². The summed E-state index contributed by atoms with van der Waals surface area (Å²) in [6.07, 6.45) is 0. The number of rotatable bonds is 6. The van der Waals surface area contributed by atoms with E-state index in [1.807, 2.05) is 0 Å². The second-order valence-corrected chi connectivity index (χ2v) is 7.41. The van der Waals surface area contributed by atoms with E-state index in [0.717, 1.165) is 11.0 Å². The second-order valence-electron chi connectivity index (χ2n) is 7.00. The van der Waals surface area contributed by atoms with Crippen molar-refractivity contribution < 1.29 is 28.3 Å². The van der Waals surface area contributed by atoms with E-state index in [0.29, 0.717) is 0 Å². The highest BCUT2D eigenvalue weighted by Crippen LogP contribution is 2.27. The molecule has 1 aliphatic heterocycles. The largest absolute Gasteiger partial charge is 0.454 e. The first-order valence-corrected chi connectivity index (χ1v) is 9.47. The van der Waals surface area contributed by atoms with Gasteiger partial charge in [-0.1, -0.05) is 37.6 Å². The number of hydrogen-bond donors (Lipinski definition) is 1. The molecule has 1 heterocycles.